The first-order valence-corrected chi connectivity index (χ1v) is 7.34. The van der Waals surface area contributed by atoms with Gasteiger partial charge < -0.3 is 15.2 Å². The minimum atomic E-state index is -1.01. The van der Waals surface area contributed by atoms with Gasteiger partial charge in [-0.2, -0.15) is 0 Å². The van der Waals surface area contributed by atoms with E-state index in [0.717, 1.165) is 12.8 Å². The average molecular weight is 289 g/mol. The van der Waals surface area contributed by atoms with Gasteiger partial charge in [-0.25, -0.2) is 4.79 Å². The van der Waals surface area contributed by atoms with E-state index in [1.54, 1.807) is 6.07 Å². The number of aromatic carboxylic acids is 1. The molecular weight excluding hydrogens is 270 g/mol. The van der Waals surface area contributed by atoms with Crippen LogP contribution in [0.4, 0.5) is 5.69 Å². The van der Waals surface area contributed by atoms with Gasteiger partial charge in [0.05, 0.1) is 18.4 Å². The Labute approximate surface area is 123 Å². The molecule has 2 atom stereocenters. The van der Waals surface area contributed by atoms with Crippen LogP contribution in [0.25, 0.3) is 0 Å². The van der Waals surface area contributed by atoms with Crippen LogP contribution < -0.4 is 10.1 Å². The highest BCUT2D eigenvalue weighted by Crippen LogP contribution is 2.55. The van der Waals surface area contributed by atoms with Crippen molar-refractivity contribution in [2.45, 2.75) is 25.7 Å². The van der Waals surface area contributed by atoms with E-state index in [1.165, 1.54) is 32.1 Å². The predicted octanol–water partition coefficient (Wildman–Crippen LogP) is 2.77. The Kier molecular flexibility index (Phi) is 3.57. The van der Waals surface area contributed by atoms with Crippen molar-refractivity contribution in [2.24, 2.45) is 17.8 Å². The van der Waals surface area contributed by atoms with Gasteiger partial charge in [0.25, 0.3) is 0 Å². The lowest BCUT2D eigenvalue weighted by Crippen LogP contribution is -2.16. The highest BCUT2D eigenvalue weighted by Gasteiger charge is 2.54. The summed E-state index contributed by atoms with van der Waals surface area (Å²) in [5, 5.41) is 11.9. The highest BCUT2D eigenvalue weighted by molar-refractivity contribution is 5.97. The summed E-state index contributed by atoms with van der Waals surface area (Å²) in [4.78, 5) is 23.3. The number of benzene rings is 1. The number of nitrogens with one attached hydrogen (secondary N) is 1. The van der Waals surface area contributed by atoms with Crippen molar-refractivity contribution < 1.29 is 19.4 Å². The highest BCUT2D eigenvalue weighted by atomic mass is 16.5. The van der Waals surface area contributed by atoms with E-state index in [9.17, 15) is 9.59 Å². The lowest BCUT2D eigenvalue weighted by Gasteiger charge is -2.11. The van der Waals surface area contributed by atoms with Gasteiger partial charge in [0.15, 0.2) is 0 Å². The third-order valence-electron chi connectivity index (χ3n) is 4.67. The van der Waals surface area contributed by atoms with E-state index in [0.29, 0.717) is 23.3 Å². The molecule has 0 bridgehead atoms. The number of hydrogen-bond donors (Lipinski definition) is 2. The minimum Gasteiger partial charge on any atom is -0.495 e. The fraction of sp³-hybridized carbons (Fsp3) is 0.500. The molecule has 112 valence electrons. The van der Waals surface area contributed by atoms with Gasteiger partial charge in [-0.3, -0.25) is 4.79 Å². The molecule has 21 heavy (non-hydrogen) atoms. The molecule has 0 aliphatic heterocycles. The molecule has 5 nitrogen and oxygen atoms in total. The third-order valence-corrected chi connectivity index (χ3v) is 4.67. The summed E-state index contributed by atoms with van der Waals surface area (Å²) >= 11 is 0. The first-order valence-electron chi connectivity index (χ1n) is 7.34. The molecule has 1 aromatic rings. The van der Waals surface area contributed by atoms with Gasteiger partial charge >= 0.3 is 5.97 Å². The van der Waals surface area contributed by atoms with Crippen molar-refractivity contribution in [3.8, 4) is 5.75 Å². The number of amides is 1. The molecule has 2 fully saturated rings. The molecule has 0 heterocycles. The molecule has 0 spiro atoms. The maximum atomic E-state index is 12.3. The lowest BCUT2D eigenvalue weighted by molar-refractivity contribution is -0.117. The first kappa shape index (κ1) is 13.9. The summed E-state index contributed by atoms with van der Waals surface area (Å²) in [6, 6.07) is 4.49. The minimum absolute atomic E-state index is 0.0354. The maximum absolute atomic E-state index is 12.3. The number of fused-ring (bicyclic) bond motifs is 1. The zero-order valence-corrected chi connectivity index (χ0v) is 12.0. The molecule has 1 amide bonds. The molecule has 1 aromatic carbocycles. The zero-order valence-electron chi connectivity index (χ0n) is 12.0. The Bertz CT molecular complexity index is 572. The number of ether oxygens (including phenoxy) is 1. The SMILES string of the molecule is COc1cc(C(=O)O)ccc1NC(=O)C1C2CCCCC21. The van der Waals surface area contributed by atoms with Crippen molar-refractivity contribution in [1.82, 2.24) is 0 Å². The van der Waals surface area contributed by atoms with E-state index in [4.69, 9.17) is 9.84 Å². The number of rotatable bonds is 4. The van der Waals surface area contributed by atoms with Gasteiger partial charge in [0.1, 0.15) is 5.75 Å². The second kappa shape index (κ2) is 5.39. The Morgan fingerprint density at radius 2 is 1.90 bits per heavy atom. The standard InChI is InChI=1S/C16H19NO4/c1-21-13-8-9(16(19)20)6-7-12(13)17-15(18)14-10-4-2-3-5-11(10)14/h6-8,10-11,14H,2-5H2,1H3,(H,17,18)(H,19,20). The van der Waals surface area contributed by atoms with E-state index in [1.807, 2.05) is 0 Å². The number of hydrogen-bond acceptors (Lipinski definition) is 3. The van der Waals surface area contributed by atoms with Gasteiger partial charge in [-0.1, -0.05) is 12.8 Å². The number of anilines is 1. The summed E-state index contributed by atoms with van der Waals surface area (Å²) < 4.78 is 5.18. The van der Waals surface area contributed by atoms with Crippen LogP contribution in [0.3, 0.4) is 0 Å². The van der Waals surface area contributed by atoms with Crippen LogP contribution in [-0.4, -0.2) is 24.1 Å². The summed E-state index contributed by atoms with van der Waals surface area (Å²) in [6.07, 6.45) is 4.75. The quantitative estimate of drug-likeness (QED) is 0.893. The first-order chi connectivity index (χ1) is 10.1. The summed E-state index contributed by atoms with van der Waals surface area (Å²) in [6.45, 7) is 0. The van der Waals surface area contributed by atoms with Crippen LogP contribution >= 0.6 is 0 Å². The molecule has 2 saturated carbocycles. The second-order valence-electron chi connectivity index (χ2n) is 5.85. The van der Waals surface area contributed by atoms with E-state index < -0.39 is 5.97 Å². The van der Waals surface area contributed by atoms with Crippen LogP contribution in [0.5, 0.6) is 5.75 Å². The molecule has 5 heteroatoms. The molecule has 2 aliphatic carbocycles. The molecule has 2 unspecified atom stereocenters. The van der Waals surface area contributed by atoms with E-state index in [2.05, 4.69) is 5.32 Å². The van der Waals surface area contributed by atoms with Crippen LogP contribution in [0.2, 0.25) is 0 Å². The van der Waals surface area contributed by atoms with Gasteiger partial charge in [-0.05, 0) is 42.9 Å². The van der Waals surface area contributed by atoms with Crippen LogP contribution in [0.1, 0.15) is 36.0 Å². The molecule has 2 N–H and O–H groups in total. The van der Waals surface area contributed by atoms with E-state index in [-0.39, 0.29) is 17.4 Å². The van der Waals surface area contributed by atoms with Gasteiger partial charge in [-0.15, -0.1) is 0 Å². The number of methoxy groups -OCH3 is 1. The van der Waals surface area contributed by atoms with Crippen molar-refractivity contribution in [3.05, 3.63) is 23.8 Å². The lowest BCUT2D eigenvalue weighted by atomic mass is 10.0. The second-order valence-corrected chi connectivity index (χ2v) is 5.85. The topological polar surface area (TPSA) is 75.6 Å². The van der Waals surface area contributed by atoms with E-state index >= 15 is 0 Å². The predicted molar refractivity (Wildman–Crippen MR) is 77.5 cm³/mol. The Morgan fingerprint density at radius 3 is 2.48 bits per heavy atom. The number of carboxylic acid groups (broad SMARTS) is 1. The fourth-order valence-electron chi connectivity index (χ4n) is 3.52. The van der Waals surface area contributed by atoms with Crippen molar-refractivity contribution in [1.29, 1.82) is 0 Å². The van der Waals surface area contributed by atoms with Gasteiger partial charge in [0, 0.05) is 5.92 Å². The molecular formula is C16H19NO4. The van der Waals surface area contributed by atoms with Crippen molar-refractivity contribution >= 4 is 17.6 Å². The zero-order chi connectivity index (χ0) is 15.0. The molecule has 0 saturated heterocycles. The largest absolute Gasteiger partial charge is 0.495 e. The Morgan fingerprint density at radius 1 is 1.24 bits per heavy atom. The monoisotopic (exact) mass is 289 g/mol. The van der Waals surface area contributed by atoms with Gasteiger partial charge in [0.2, 0.25) is 5.91 Å². The Balaban J connectivity index is 1.72. The van der Waals surface area contributed by atoms with Crippen LogP contribution in [0, 0.1) is 17.8 Å². The molecule has 0 radical (unpaired) electrons. The van der Waals surface area contributed by atoms with Crippen molar-refractivity contribution in [3.63, 3.8) is 0 Å². The normalized spacial score (nSPS) is 26.6. The van der Waals surface area contributed by atoms with Crippen molar-refractivity contribution in [2.75, 3.05) is 12.4 Å². The maximum Gasteiger partial charge on any atom is 0.335 e. The summed E-state index contributed by atoms with van der Waals surface area (Å²) in [7, 11) is 1.47. The van der Waals surface area contributed by atoms with Crippen LogP contribution in [0.15, 0.2) is 18.2 Å². The number of carboxylic acids is 1. The van der Waals surface area contributed by atoms with Crippen LogP contribution in [-0.2, 0) is 4.79 Å². The number of carbonyl (C=O) groups is 2. The summed E-state index contributed by atoms with van der Waals surface area (Å²) in [5.41, 5.74) is 0.682. The smallest absolute Gasteiger partial charge is 0.335 e. The molecule has 2 aliphatic rings. The molecule has 0 aromatic heterocycles. The average Bonchev–Trinajstić information content (AvgIpc) is 3.21. The third kappa shape index (κ3) is 2.60. The molecule has 3 rings (SSSR count). The Hall–Kier alpha value is -2.04. The number of carbonyl (C=O) groups excluding carboxylic acids is 1. The fourth-order valence-corrected chi connectivity index (χ4v) is 3.52. The summed E-state index contributed by atoms with van der Waals surface area (Å²) in [5.74, 6) is 0.613.